The number of aromatic nitrogens is 5. The summed E-state index contributed by atoms with van der Waals surface area (Å²) in [5, 5.41) is 1.26. The van der Waals surface area contributed by atoms with Crippen molar-refractivity contribution in [3.63, 3.8) is 0 Å². The molecule has 4 aromatic heterocycles. The molecule has 65 heavy (non-hydrogen) atoms. The molecule has 5 nitrogen and oxygen atoms in total. The Morgan fingerprint density at radius 2 is 0.923 bits per heavy atom. The maximum absolute atomic E-state index is 5.70. The van der Waals surface area contributed by atoms with Gasteiger partial charge in [0.2, 0.25) is 0 Å². The molecular formula is C60H67N5. The Kier molecular flexibility index (Phi) is 10.9. The number of nitrogens with one attached hydrogen (secondary N) is 3. The molecule has 3 N–H and O–H groups in total. The molecule has 8 bridgehead atoms. The van der Waals surface area contributed by atoms with E-state index in [1.807, 2.05) is 0 Å². The predicted octanol–water partition coefficient (Wildman–Crippen LogP) is 16.7. The van der Waals surface area contributed by atoms with E-state index in [2.05, 4.69) is 220 Å². The average molecular weight is 858 g/mol. The fraction of sp³-hybridized carbons (Fsp3) is 0.333. The fourth-order valence-corrected chi connectivity index (χ4v) is 9.31. The second kappa shape index (κ2) is 16.0. The van der Waals surface area contributed by atoms with Crippen LogP contribution in [0.5, 0.6) is 0 Å². The molecule has 2 aliphatic rings. The number of H-pyrrole nitrogens is 3. The zero-order valence-corrected chi connectivity index (χ0v) is 41.0. The largest absolute Gasteiger partial charge is 0.355 e. The van der Waals surface area contributed by atoms with Crippen molar-refractivity contribution in [3.8, 4) is 33.5 Å². The number of nitrogens with zero attached hydrogens (tertiary/aromatic N) is 2. The minimum atomic E-state index is -0.0512. The Hall–Kier alpha value is -6.20. The first kappa shape index (κ1) is 44.0. The monoisotopic (exact) mass is 858 g/mol. The highest BCUT2D eigenvalue weighted by molar-refractivity contribution is 6.01. The molecule has 332 valence electrons. The minimum Gasteiger partial charge on any atom is -0.355 e. The van der Waals surface area contributed by atoms with Crippen LogP contribution in [0, 0.1) is 0 Å². The van der Waals surface area contributed by atoms with E-state index in [-0.39, 0.29) is 21.7 Å². The number of hydrogen-bond acceptors (Lipinski definition) is 2. The number of benzene rings is 3. The van der Waals surface area contributed by atoms with Gasteiger partial charge in [-0.1, -0.05) is 151 Å². The summed E-state index contributed by atoms with van der Waals surface area (Å²) in [7, 11) is 0. The van der Waals surface area contributed by atoms with E-state index >= 15 is 0 Å². The summed E-state index contributed by atoms with van der Waals surface area (Å²) in [5.41, 5.74) is 21.8. The van der Waals surface area contributed by atoms with Crippen molar-refractivity contribution in [2.24, 2.45) is 0 Å². The van der Waals surface area contributed by atoms with Gasteiger partial charge in [0.1, 0.15) is 0 Å². The topological polar surface area (TPSA) is 73.2 Å². The molecule has 0 atom stereocenters. The van der Waals surface area contributed by atoms with E-state index in [0.717, 1.165) is 103 Å². The molecule has 0 saturated heterocycles. The van der Waals surface area contributed by atoms with Gasteiger partial charge in [-0.25, -0.2) is 9.97 Å². The van der Waals surface area contributed by atoms with Crippen molar-refractivity contribution < 1.29 is 0 Å². The predicted molar refractivity (Wildman–Crippen MR) is 280 cm³/mol. The lowest BCUT2D eigenvalue weighted by Crippen LogP contribution is -2.16. The number of fused-ring (bicyclic) bond motifs is 9. The average Bonchev–Trinajstić information content (AvgIpc) is 4.10. The van der Waals surface area contributed by atoms with E-state index in [1.54, 1.807) is 0 Å². The molecule has 9 rings (SSSR count). The SMILES string of the molecule is CCCCc1c(-c2c3nc(c(-c4cc(C(C)(C)C)cc(C(C)(C)C)c4)c4ccc(cc5nc(c(-c6cc(C(C)(C)C)cc(C(C)(C)C)c6)c6ccc2[nH]6)C=C5)[nH]4)C=C3)[nH]c2ccccc12. The molecule has 0 spiro atoms. The third-order valence-corrected chi connectivity index (χ3v) is 13.3. The molecule has 0 aliphatic carbocycles. The van der Waals surface area contributed by atoms with E-state index in [9.17, 15) is 0 Å². The molecular weight excluding hydrogens is 791 g/mol. The molecule has 6 heterocycles. The number of hydrogen-bond donors (Lipinski definition) is 3. The molecule has 0 fully saturated rings. The highest BCUT2D eigenvalue weighted by atomic mass is 14.8. The normalized spacial score (nSPS) is 13.4. The van der Waals surface area contributed by atoms with Crippen LogP contribution in [0.2, 0.25) is 0 Å². The highest BCUT2D eigenvalue weighted by Gasteiger charge is 2.26. The summed E-state index contributed by atoms with van der Waals surface area (Å²) in [6, 6.07) is 34.1. The molecule has 0 radical (unpaired) electrons. The van der Waals surface area contributed by atoms with Crippen LogP contribution in [-0.2, 0) is 28.1 Å². The molecule has 0 saturated carbocycles. The van der Waals surface area contributed by atoms with Gasteiger partial charge < -0.3 is 15.0 Å². The molecule has 2 aliphatic heterocycles. The van der Waals surface area contributed by atoms with Crippen LogP contribution in [0.1, 0.15) is 153 Å². The Balaban J connectivity index is 1.45. The van der Waals surface area contributed by atoms with Gasteiger partial charge in [0.05, 0.1) is 34.0 Å². The van der Waals surface area contributed by atoms with Crippen LogP contribution in [0.15, 0.2) is 91.0 Å². The maximum Gasteiger partial charge on any atom is 0.0752 e. The van der Waals surface area contributed by atoms with Gasteiger partial charge in [-0.15, -0.1) is 0 Å². The van der Waals surface area contributed by atoms with Crippen molar-refractivity contribution in [1.82, 2.24) is 24.9 Å². The van der Waals surface area contributed by atoms with E-state index in [0.29, 0.717) is 0 Å². The van der Waals surface area contributed by atoms with Gasteiger partial charge in [0, 0.05) is 44.1 Å². The fourth-order valence-electron chi connectivity index (χ4n) is 9.31. The standard InChI is InChI=1S/C60H67N5/c1-14-15-18-45-44-19-16-17-20-46(44)65-56(45)55-51-27-25-49(63-51)53(36-29-38(57(2,3)4)33-39(30-36)58(5,6)7)47-23-21-42(61-47)35-43-22-24-48(62-43)54(50-26-28-52(55)64-50)37-31-40(59(8,9)10)34-41(32-37)60(11,12)13/h16-17,19-35,61,64-65H,14-15,18H2,1-13H3. The molecule has 3 aromatic carbocycles. The lowest BCUT2D eigenvalue weighted by Gasteiger charge is -2.26. The Morgan fingerprint density at radius 1 is 0.446 bits per heavy atom. The second-order valence-corrected chi connectivity index (χ2v) is 22.6. The van der Waals surface area contributed by atoms with Gasteiger partial charge in [-0.3, -0.25) is 0 Å². The van der Waals surface area contributed by atoms with Crippen LogP contribution >= 0.6 is 0 Å². The van der Waals surface area contributed by atoms with Gasteiger partial charge in [-0.05, 0) is 134 Å². The smallest absolute Gasteiger partial charge is 0.0752 e. The van der Waals surface area contributed by atoms with E-state index < -0.39 is 0 Å². The zero-order chi connectivity index (χ0) is 46.2. The first-order valence-corrected chi connectivity index (χ1v) is 23.7. The molecule has 0 amide bonds. The lowest BCUT2D eigenvalue weighted by molar-refractivity contribution is 0.568. The van der Waals surface area contributed by atoms with Gasteiger partial charge in [-0.2, -0.15) is 0 Å². The summed E-state index contributed by atoms with van der Waals surface area (Å²) in [4.78, 5) is 22.9. The van der Waals surface area contributed by atoms with Gasteiger partial charge in [0.25, 0.3) is 0 Å². The van der Waals surface area contributed by atoms with Crippen molar-refractivity contribution in [1.29, 1.82) is 0 Å². The van der Waals surface area contributed by atoms with Gasteiger partial charge >= 0.3 is 0 Å². The highest BCUT2D eigenvalue weighted by Crippen LogP contribution is 2.42. The van der Waals surface area contributed by atoms with Crippen molar-refractivity contribution in [3.05, 3.63) is 142 Å². The molecule has 5 heteroatoms. The number of unbranched alkanes of at least 4 members (excludes halogenated alkanes) is 1. The minimum absolute atomic E-state index is 0.0512. The third kappa shape index (κ3) is 8.58. The summed E-state index contributed by atoms with van der Waals surface area (Å²) >= 11 is 0. The summed E-state index contributed by atoms with van der Waals surface area (Å²) in [6.07, 6.45) is 11.9. The number of aromatic amines is 3. The zero-order valence-electron chi connectivity index (χ0n) is 41.0. The maximum atomic E-state index is 5.70. The van der Waals surface area contributed by atoms with Crippen molar-refractivity contribution in [2.75, 3.05) is 0 Å². The van der Waals surface area contributed by atoms with Crippen LogP contribution < -0.4 is 0 Å². The van der Waals surface area contributed by atoms with E-state index in [1.165, 1.54) is 33.2 Å². The van der Waals surface area contributed by atoms with Gasteiger partial charge in [0.15, 0.2) is 0 Å². The number of para-hydroxylation sites is 1. The quantitative estimate of drug-likeness (QED) is 0.156. The molecule has 0 unspecified atom stereocenters. The number of rotatable bonds is 6. The van der Waals surface area contributed by atoms with E-state index in [4.69, 9.17) is 9.97 Å². The molecule has 7 aromatic rings. The van der Waals surface area contributed by atoms with Crippen LogP contribution in [-0.4, -0.2) is 24.9 Å². The first-order chi connectivity index (χ1) is 30.7. The summed E-state index contributed by atoms with van der Waals surface area (Å²) in [6.45, 7) is 29.9. The third-order valence-electron chi connectivity index (χ3n) is 13.3. The van der Waals surface area contributed by atoms with Crippen LogP contribution in [0.4, 0.5) is 0 Å². The van der Waals surface area contributed by atoms with Crippen LogP contribution in [0.25, 0.3) is 90.8 Å². The number of aryl methyl sites for hydroxylation is 1. The Morgan fingerprint density at radius 3 is 1.48 bits per heavy atom. The van der Waals surface area contributed by atoms with Crippen molar-refractivity contribution in [2.45, 2.75) is 131 Å². The lowest BCUT2D eigenvalue weighted by atomic mass is 9.78. The summed E-state index contributed by atoms with van der Waals surface area (Å²) < 4.78 is 0. The summed E-state index contributed by atoms with van der Waals surface area (Å²) in [5.74, 6) is 0. The Labute approximate surface area is 386 Å². The second-order valence-electron chi connectivity index (χ2n) is 22.6. The Bertz CT molecular complexity index is 3080. The first-order valence-electron chi connectivity index (χ1n) is 23.7. The van der Waals surface area contributed by atoms with Crippen molar-refractivity contribution >= 4 is 57.3 Å². The van der Waals surface area contributed by atoms with Crippen LogP contribution in [0.3, 0.4) is 0 Å².